The Kier molecular flexibility index (Phi) is 1.80. The van der Waals surface area contributed by atoms with Crippen molar-refractivity contribution >= 4 is 9.73 Å². The highest BCUT2D eigenvalue weighted by molar-refractivity contribution is 7.93. The van der Waals surface area contributed by atoms with Crippen LogP contribution in [0.1, 0.15) is 12.8 Å². The van der Waals surface area contributed by atoms with Gasteiger partial charge in [0.25, 0.3) is 0 Å². The van der Waals surface area contributed by atoms with Gasteiger partial charge < -0.3 is 5.11 Å². The van der Waals surface area contributed by atoms with Crippen molar-refractivity contribution in [2.45, 2.75) is 23.0 Å². The van der Waals surface area contributed by atoms with Gasteiger partial charge in [0, 0.05) is 5.25 Å². The summed E-state index contributed by atoms with van der Waals surface area (Å²) in [6.07, 6.45) is 1.69. The number of phenols is 1. The molecule has 2 rings (SSSR count). The predicted octanol–water partition coefficient (Wildman–Crippen LogP) is 1.96. The average molecular weight is 197 g/mol. The number of nitrogens with one attached hydrogen (secondary N) is 1. The molecule has 4 heteroatoms. The summed E-state index contributed by atoms with van der Waals surface area (Å²) < 4.78 is 19.6. The van der Waals surface area contributed by atoms with Crippen molar-refractivity contribution in [3.63, 3.8) is 0 Å². The third kappa shape index (κ3) is 1.42. The molecular weight excluding hydrogens is 186 g/mol. The van der Waals surface area contributed by atoms with E-state index in [1.54, 1.807) is 18.2 Å². The van der Waals surface area contributed by atoms with Crippen LogP contribution in [0.5, 0.6) is 5.75 Å². The van der Waals surface area contributed by atoms with Gasteiger partial charge in [-0.25, -0.2) is 8.99 Å². The fraction of sp³-hybridized carbons (Fsp3) is 0.333. The molecule has 1 fully saturated rings. The van der Waals surface area contributed by atoms with Crippen LogP contribution >= 0.6 is 0 Å². The molecule has 1 aliphatic carbocycles. The van der Waals surface area contributed by atoms with Crippen molar-refractivity contribution in [1.82, 2.24) is 0 Å². The third-order valence-electron chi connectivity index (χ3n) is 2.19. The molecule has 0 spiro atoms. The van der Waals surface area contributed by atoms with Gasteiger partial charge in [-0.05, 0) is 25.0 Å². The van der Waals surface area contributed by atoms with Gasteiger partial charge in [-0.3, -0.25) is 0 Å². The molecule has 1 unspecified atom stereocenters. The number of benzene rings is 1. The summed E-state index contributed by atoms with van der Waals surface area (Å²) in [5.41, 5.74) is 0. The monoisotopic (exact) mass is 197 g/mol. The van der Waals surface area contributed by atoms with E-state index in [2.05, 4.69) is 0 Å². The first-order valence-electron chi connectivity index (χ1n) is 4.18. The summed E-state index contributed by atoms with van der Waals surface area (Å²) in [6, 6.07) is 6.42. The molecule has 1 saturated carbocycles. The SMILES string of the molecule is N=S(=O)(c1ccccc1O)C1CC1. The van der Waals surface area contributed by atoms with Gasteiger partial charge in [0.1, 0.15) is 5.75 Å². The Labute approximate surface area is 77.4 Å². The van der Waals surface area contributed by atoms with E-state index in [4.69, 9.17) is 4.78 Å². The van der Waals surface area contributed by atoms with E-state index in [1.807, 2.05) is 0 Å². The van der Waals surface area contributed by atoms with Gasteiger partial charge in [-0.15, -0.1) is 0 Å². The Bertz CT molecular complexity index is 421. The molecule has 0 heterocycles. The highest BCUT2D eigenvalue weighted by Crippen LogP contribution is 2.37. The maximum absolute atomic E-state index is 11.9. The van der Waals surface area contributed by atoms with Gasteiger partial charge in [-0.1, -0.05) is 12.1 Å². The lowest BCUT2D eigenvalue weighted by molar-refractivity contribution is 0.461. The van der Waals surface area contributed by atoms with Crippen molar-refractivity contribution in [3.05, 3.63) is 24.3 Å². The minimum Gasteiger partial charge on any atom is -0.507 e. The molecule has 0 aromatic heterocycles. The molecule has 0 radical (unpaired) electrons. The zero-order chi connectivity index (χ0) is 9.47. The van der Waals surface area contributed by atoms with Crippen LogP contribution in [0.2, 0.25) is 0 Å². The van der Waals surface area contributed by atoms with Crippen LogP contribution in [-0.2, 0) is 9.73 Å². The first-order valence-corrected chi connectivity index (χ1v) is 5.80. The molecule has 1 atom stereocenters. The van der Waals surface area contributed by atoms with Crippen molar-refractivity contribution in [2.24, 2.45) is 0 Å². The minimum absolute atomic E-state index is 0.0191. The largest absolute Gasteiger partial charge is 0.507 e. The lowest BCUT2D eigenvalue weighted by Gasteiger charge is -2.06. The van der Waals surface area contributed by atoms with Crippen LogP contribution in [-0.4, -0.2) is 14.6 Å². The fourth-order valence-corrected chi connectivity index (χ4v) is 3.11. The molecule has 3 nitrogen and oxygen atoms in total. The number of para-hydroxylation sites is 1. The van der Waals surface area contributed by atoms with Crippen LogP contribution in [0.15, 0.2) is 29.2 Å². The van der Waals surface area contributed by atoms with E-state index in [0.717, 1.165) is 12.8 Å². The molecule has 1 aliphatic rings. The molecule has 0 saturated heterocycles. The number of rotatable bonds is 2. The summed E-state index contributed by atoms with van der Waals surface area (Å²) in [5.74, 6) is -0.0191. The minimum atomic E-state index is -2.75. The maximum Gasteiger partial charge on any atom is 0.132 e. The molecular formula is C9H11NO2S. The van der Waals surface area contributed by atoms with Gasteiger partial charge in [-0.2, -0.15) is 0 Å². The molecule has 2 N–H and O–H groups in total. The van der Waals surface area contributed by atoms with Crippen molar-refractivity contribution in [1.29, 1.82) is 4.78 Å². The highest BCUT2D eigenvalue weighted by atomic mass is 32.2. The topological polar surface area (TPSA) is 61.2 Å². The van der Waals surface area contributed by atoms with Crippen LogP contribution < -0.4 is 0 Å². The van der Waals surface area contributed by atoms with Gasteiger partial charge in [0.2, 0.25) is 0 Å². The standard InChI is InChI=1S/C9H11NO2S/c10-13(12,7-5-6-7)9-4-2-1-3-8(9)11/h1-4,7,10-11H,5-6H2. The Morgan fingerprint density at radius 2 is 2.00 bits per heavy atom. The smallest absolute Gasteiger partial charge is 0.132 e. The highest BCUT2D eigenvalue weighted by Gasteiger charge is 2.34. The van der Waals surface area contributed by atoms with Crippen LogP contribution in [0.3, 0.4) is 0 Å². The van der Waals surface area contributed by atoms with E-state index >= 15 is 0 Å². The van der Waals surface area contributed by atoms with Crippen LogP contribution in [0.25, 0.3) is 0 Å². The molecule has 13 heavy (non-hydrogen) atoms. The van der Waals surface area contributed by atoms with Crippen molar-refractivity contribution in [2.75, 3.05) is 0 Å². The van der Waals surface area contributed by atoms with Gasteiger partial charge in [0.15, 0.2) is 0 Å². The number of phenolic OH excluding ortho intramolecular Hbond substituents is 1. The van der Waals surface area contributed by atoms with E-state index < -0.39 is 9.73 Å². The van der Waals surface area contributed by atoms with Crippen molar-refractivity contribution < 1.29 is 9.32 Å². The Morgan fingerprint density at radius 3 is 2.54 bits per heavy atom. The second-order valence-corrected chi connectivity index (χ2v) is 5.58. The summed E-state index contributed by atoms with van der Waals surface area (Å²) in [7, 11) is -2.75. The fourth-order valence-electron chi connectivity index (χ4n) is 1.29. The molecule has 0 bridgehead atoms. The first-order chi connectivity index (χ1) is 6.12. The van der Waals surface area contributed by atoms with Crippen molar-refractivity contribution in [3.8, 4) is 5.75 Å². The van der Waals surface area contributed by atoms with E-state index in [9.17, 15) is 9.32 Å². The summed E-state index contributed by atoms with van der Waals surface area (Å²) in [5, 5.41) is 9.38. The summed E-state index contributed by atoms with van der Waals surface area (Å²) >= 11 is 0. The van der Waals surface area contributed by atoms with Crippen LogP contribution in [0.4, 0.5) is 0 Å². The molecule has 0 aliphatic heterocycles. The van der Waals surface area contributed by atoms with E-state index in [1.165, 1.54) is 6.07 Å². The molecule has 70 valence electrons. The second-order valence-electron chi connectivity index (χ2n) is 3.27. The zero-order valence-electron chi connectivity index (χ0n) is 7.06. The number of hydrogen-bond acceptors (Lipinski definition) is 3. The average Bonchev–Trinajstić information content (AvgIpc) is 2.86. The summed E-state index contributed by atoms with van der Waals surface area (Å²) in [6.45, 7) is 0. The normalized spacial score (nSPS) is 20.9. The number of aromatic hydroxyl groups is 1. The lowest BCUT2D eigenvalue weighted by atomic mass is 10.3. The summed E-state index contributed by atoms with van der Waals surface area (Å²) in [4.78, 5) is 0.289. The molecule has 1 aromatic carbocycles. The van der Waals surface area contributed by atoms with Gasteiger partial charge >= 0.3 is 0 Å². The lowest BCUT2D eigenvalue weighted by Crippen LogP contribution is -2.04. The zero-order valence-corrected chi connectivity index (χ0v) is 7.88. The van der Waals surface area contributed by atoms with Gasteiger partial charge in [0.05, 0.1) is 14.6 Å². The maximum atomic E-state index is 11.9. The molecule has 1 aromatic rings. The Hall–Kier alpha value is -1.03. The molecule has 0 amide bonds. The third-order valence-corrected chi connectivity index (χ3v) is 4.59. The van der Waals surface area contributed by atoms with E-state index in [-0.39, 0.29) is 15.9 Å². The first kappa shape index (κ1) is 8.56. The number of hydrogen-bond donors (Lipinski definition) is 2. The van der Waals surface area contributed by atoms with Crippen LogP contribution in [0, 0.1) is 4.78 Å². The Morgan fingerprint density at radius 1 is 1.38 bits per heavy atom. The quantitative estimate of drug-likeness (QED) is 0.761. The second kappa shape index (κ2) is 2.73. The predicted molar refractivity (Wildman–Crippen MR) is 50.3 cm³/mol. The van der Waals surface area contributed by atoms with E-state index in [0.29, 0.717) is 0 Å². The Balaban J connectivity index is 2.51.